The van der Waals surface area contributed by atoms with E-state index in [4.69, 9.17) is 0 Å². The van der Waals surface area contributed by atoms with E-state index in [-0.39, 0.29) is 0 Å². The minimum Gasteiger partial charge on any atom is -0.0622 e. The Morgan fingerprint density at radius 1 is 0.457 bits per heavy atom. The van der Waals surface area contributed by atoms with Gasteiger partial charge in [-0.15, -0.1) is 0 Å². The molecule has 0 amide bonds. The fourth-order valence-electron chi connectivity index (χ4n) is 10.5. The molecule has 188 valence electrons. The van der Waals surface area contributed by atoms with E-state index in [1.54, 1.807) is 30.4 Å². The molecule has 0 unspecified atom stereocenters. The Labute approximate surface area is 236 Å². The Morgan fingerprint density at radius 2 is 0.771 bits per heavy atom. The minimum atomic E-state index is 0.565. The van der Waals surface area contributed by atoms with E-state index in [9.17, 15) is 0 Å². The van der Waals surface area contributed by atoms with Crippen molar-refractivity contribution in [3.05, 3.63) is 70.2 Å². The second-order valence-electron chi connectivity index (χ2n) is 13.3. The maximum atomic E-state index is 3.56. The van der Waals surface area contributed by atoms with E-state index in [1.807, 2.05) is 0 Å². The summed E-state index contributed by atoms with van der Waals surface area (Å²) in [5, 5.41) is 0. The number of halogens is 3. The van der Waals surface area contributed by atoms with Crippen LogP contribution in [0.2, 0.25) is 0 Å². The smallest absolute Gasteiger partial charge is 0.0175 e. The van der Waals surface area contributed by atoms with Crippen LogP contribution in [0.4, 0.5) is 0 Å². The summed E-state index contributed by atoms with van der Waals surface area (Å²) in [7, 11) is 0. The van der Waals surface area contributed by atoms with Gasteiger partial charge >= 0.3 is 0 Å². The van der Waals surface area contributed by atoms with Crippen molar-refractivity contribution in [2.45, 2.75) is 87.9 Å². The van der Waals surface area contributed by atoms with Crippen LogP contribution in [0.3, 0.4) is 0 Å². The summed E-state index contributed by atoms with van der Waals surface area (Å²) in [5.74, 6) is 6.32. The van der Waals surface area contributed by atoms with E-state index in [0.717, 1.165) is 35.5 Å². The van der Waals surface area contributed by atoms with Crippen LogP contribution in [0, 0.1) is 35.5 Å². The molecule has 0 saturated heterocycles. The van der Waals surface area contributed by atoms with E-state index >= 15 is 0 Å². The van der Waals surface area contributed by atoms with Crippen molar-refractivity contribution >= 4 is 44.2 Å². The molecule has 8 aliphatic carbocycles. The molecule has 3 heteroatoms. The molecule has 0 N–H and O–H groups in total. The average molecular weight is 663 g/mol. The zero-order valence-electron chi connectivity index (χ0n) is 20.8. The van der Waals surface area contributed by atoms with Gasteiger partial charge in [-0.1, -0.05) is 58.4 Å². The number of rotatable bonds is 2. The van der Waals surface area contributed by atoms with Crippen LogP contribution in [0.15, 0.2) is 59.1 Å². The maximum Gasteiger partial charge on any atom is 0.0175 e. The Kier molecular flexibility index (Phi) is 7.35. The Hall–Kier alpha value is -0.120. The van der Waals surface area contributed by atoms with Gasteiger partial charge in [0.05, 0.1) is 0 Å². The normalized spacial score (nSPS) is 41.6. The molecule has 35 heavy (non-hydrogen) atoms. The average Bonchev–Trinajstić information content (AvgIpc) is 2.85. The summed E-state index contributed by atoms with van der Waals surface area (Å²) < 4.78 is 1.21. The van der Waals surface area contributed by atoms with Crippen LogP contribution in [-0.2, 0) is 10.8 Å². The highest BCUT2D eigenvalue weighted by Crippen LogP contribution is 2.61. The molecule has 8 fully saturated rings. The van der Waals surface area contributed by atoms with Gasteiger partial charge in [-0.2, -0.15) is 0 Å². The lowest BCUT2D eigenvalue weighted by molar-refractivity contribution is -0.00531. The van der Waals surface area contributed by atoms with Gasteiger partial charge in [0.1, 0.15) is 0 Å². The lowest BCUT2D eigenvalue weighted by Gasteiger charge is -2.57. The molecule has 0 radical (unpaired) electrons. The molecule has 8 bridgehead atoms. The van der Waals surface area contributed by atoms with E-state index < -0.39 is 0 Å². The molecule has 0 spiro atoms. The van der Waals surface area contributed by atoms with Gasteiger partial charge in [-0.3, -0.25) is 0 Å². The molecule has 2 aromatic carbocycles. The van der Waals surface area contributed by atoms with Gasteiger partial charge < -0.3 is 0 Å². The summed E-state index contributed by atoms with van der Waals surface area (Å²) in [6.07, 6.45) is 18.1. The van der Waals surface area contributed by atoms with Crippen LogP contribution >= 0.6 is 44.2 Å². The zero-order valence-corrected chi connectivity index (χ0v) is 25.5. The molecule has 10 rings (SSSR count). The molecular weight excluding hydrogens is 624 g/mol. The van der Waals surface area contributed by atoms with Crippen molar-refractivity contribution in [3.8, 4) is 0 Å². The molecule has 0 aromatic heterocycles. The molecule has 0 atom stereocenters. The van der Waals surface area contributed by atoms with Crippen molar-refractivity contribution in [3.63, 3.8) is 0 Å². The molecule has 8 saturated carbocycles. The van der Waals surface area contributed by atoms with Crippen molar-refractivity contribution in [1.29, 1.82) is 0 Å². The quantitative estimate of drug-likeness (QED) is 0.300. The zero-order chi connectivity index (χ0) is 24.0. The van der Waals surface area contributed by atoms with Crippen LogP contribution in [-0.4, -0.2) is 0 Å². The predicted octanol–water partition coefficient (Wildman–Crippen LogP) is 10.8. The molecule has 0 aliphatic heterocycles. The third kappa shape index (κ3) is 4.89. The molecule has 2 aromatic rings. The van der Waals surface area contributed by atoms with Crippen LogP contribution in [0.1, 0.15) is 88.2 Å². The van der Waals surface area contributed by atoms with E-state index in [1.165, 1.54) is 62.3 Å². The third-order valence-corrected chi connectivity index (χ3v) is 11.4. The van der Waals surface area contributed by atoms with Crippen molar-refractivity contribution in [1.82, 2.24) is 0 Å². The molecule has 8 aliphatic rings. The Bertz CT molecular complexity index is 925. The van der Waals surface area contributed by atoms with Gasteiger partial charge in [-0.05, 0) is 147 Å². The highest BCUT2D eigenvalue weighted by atomic mass is 80.9. The largest absolute Gasteiger partial charge is 0.0622 e. The first-order valence-corrected chi connectivity index (χ1v) is 18.5. The highest BCUT2D eigenvalue weighted by molar-refractivity contribution is 9.93. The number of hydrogen-bond acceptors (Lipinski definition) is 0. The van der Waals surface area contributed by atoms with Gasteiger partial charge in [0, 0.05) is 32.7 Å². The summed E-state index contributed by atoms with van der Waals surface area (Å²) in [6.45, 7) is 0. The maximum absolute atomic E-state index is 3.56. The predicted molar refractivity (Wildman–Crippen MR) is 158 cm³/mol. The summed E-state index contributed by atoms with van der Waals surface area (Å²) in [4.78, 5) is 0. The topological polar surface area (TPSA) is 0 Å². The van der Waals surface area contributed by atoms with Gasteiger partial charge in [-0.25, -0.2) is 0 Å². The first kappa shape index (κ1) is 25.2. The van der Waals surface area contributed by atoms with Crippen LogP contribution in [0.25, 0.3) is 0 Å². The van der Waals surface area contributed by atoms with Gasteiger partial charge in [0.2, 0.25) is 0 Å². The first-order chi connectivity index (χ1) is 17.1. The van der Waals surface area contributed by atoms with Crippen LogP contribution in [0.5, 0.6) is 0 Å². The van der Waals surface area contributed by atoms with Gasteiger partial charge in [0.15, 0.2) is 0 Å². The Balaban J connectivity index is 0.000000122. The van der Waals surface area contributed by atoms with E-state index in [0.29, 0.717) is 10.8 Å². The van der Waals surface area contributed by atoms with Crippen molar-refractivity contribution < 1.29 is 0 Å². The summed E-state index contributed by atoms with van der Waals surface area (Å²) in [6, 6.07) is 20.6. The highest BCUT2D eigenvalue weighted by Gasteiger charge is 2.52. The number of hydrogen-bond donors (Lipinski definition) is 0. The lowest BCUT2D eigenvalue weighted by Crippen LogP contribution is -2.48. The third-order valence-electron chi connectivity index (χ3n) is 10.9. The first-order valence-electron chi connectivity index (χ1n) is 14.0. The Morgan fingerprint density at radius 3 is 1.11 bits per heavy atom. The monoisotopic (exact) mass is 660 g/mol. The van der Waals surface area contributed by atoms with Gasteiger partial charge in [0.25, 0.3) is 0 Å². The second-order valence-corrected chi connectivity index (χ2v) is 14.2. The van der Waals surface area contributed by atoms with Crippen molar-refractivity contribution in [2.75, 3.05) is 0 Å². The summed E-state index contributed by atoms with van der Waals surface area (Å²) >= 11 is 9.06. The fourth-order valence-corrected chi connectivity index (χ4v) is 10.8. The molecular formula is C32H39Br3. The van der Waals surface area contributed by atoms with Crippen molar-refractivity contribution in [2.24, 2.45) is 35.5 Å². The molecule has 0 nitrogen and oxygen atoms in total. The summed E-state index contributed by atoms with van der Waals surface area (Å²) in [5.41, 5.74) is 4.43. The lowest BCUT2D eigenvalue weighted by atomic mass is 9.48. The second kappa shape index (κ2) is 10.2. The minimum absolute atomic E-state index is 0.565. The number of benzene rings is 2. The van der Waals surface area contributed by atoms with E-state index in [2.05, 4.69) is 98.8 Å². The van der Waals surface area contributed by atoms with Crippen LogP contribution < -0.4 is 0 Å². The standard InChI is InChI=1S/C16H19Br.C16H20.Br2/c17-15-3-1-14(2-4-15)16-8-11-5-12(9-16)7-13(6-11)10-16;1-2-4-15(5-3-1)16-9-12-6-13(10-16)8-14(7-12)11-16;1-2/h1-4,11-13H,5-10H2;1-5,12-14H,6-11H2;. The molecule has 0 heterocycles. The SMILES string of the molecule is BrBr.Brc1ccc(C23CC4CC(CC(C4)C2)C3)cc1.c1ccc(C23CC4CC(CC(C4)C2)C3)cc1. The fraction of sp³-hybridized carbons (Fsp3) is 0.625.